The number of thioether (sulfide) groups is 1. The zero-order chi connectivity index (χ0) is 16.1. The van der Waals surface area contributed by atoms with Gasteiger partial charge in [-0.1, -0.05) is 40.2 Å². The van der Waals surface area contributed by atoms with Crippen molar-refractivity contribution >= 4 is 38.6 Å². The van der Waals surface area contributed by atoms with Gasteiger partial charge in [0.25, 0.3) is 0 Å². The smallest absolute Gasteiger partial charge is 0.120 e. The lowest BCUT2D eigenvalue weighted by molar-refractivity contribution is 0.126. The highest BCUT2D eigenvalue weighted by atomic mass is 79.9. The van der Waals surface area contributed by atoms with E-state index in [0.29, 0.717) is 5.75 Å². The number of aliphatic hydroxyl groups is 1. The number of hydrogen-bond acceptors (Lipinski definition) is 5. The summed E-state index contributed by atoms with van der Waals surface area (Å²) in [6.07, 6.45) is 0.974. The zero-order valence-electron chi connectivity index (χ0n) is 12.2. The minimum atomic E-state index is -0.576. The molecule has 0 fully saturated rings. The van der Waals surface area contributed by atoms with Crippen molar-refractivity contribution in [2.45, 2.75) is 11.1 Å². The Labute approximate surface area is 147 Å². The van der Waals surface area contributed by atoms with E-state index in [-0.39, 0.29) is 6.61 Å². The van der Waals surface area contributed by atoms with E-state index in [1.54, 1.807) is 6.33 Å². The molecule has 3 aromatic rings. The lowest BCUT2D eigenvalue weighted by Gasteiger charge is -2.12. The third-order valence-corrected chi connectivity index (χ3v) is 4.80. The van der Waals surface area contributed by atoms with Crippen LogP contribution in [0.25, 0.3) is 10.9 Å². The number of halogens is 1. The molecule has 118 valence electrons. The van der Waals surface area contributed by atoms with Gasteiger partial charge < -0.3 is 9.84 Å². The fourth-order valence-corrected chi connectivity index (χ4v) is 3.34. The van der Waals surface area contributed by atoms with Crippen molar-refractivity contribution in [2.75, 3.05) is 12.4 Å². The molecule has 0 radical (unpaired) electrons. The van der Waals surface area contributed by atoms with E-state index < -0.39 is 6.10 Å². The summed E-state index contributed by atoms with van der Waals surface area (Å²) in [7, 11) is 0. The van der Waals surface area contributed by atoms with E-state index in [1.807, 2.05) is 48.5 Å². The van der Waals surface area contributed by atoms with Crippen LogP contribution < -0.4 is 4.74 Å². The Morgan fingerprint density at radius 3 is 2.87 bits per heavy atom. The SMILES string of the molecule is O[C@@H](COc1cccc(Br)c1)CSc1ncnc2ccccc12. The molecule has 0 aliphatic heterocycles. The molecule has 6 heteroatoms. The minimum absolute atomic E-state index is 0.243. The second-order valence-corrected chi connectivity index (χ2v) is 6.85. The van der Waals surface area contributed by atoms with Gasteiger partial charge in [-0.2, -0.15) is 0 Å². The highest BCUT2D eigenvalue weighted by molar-refractivity contribution is 9.10. The Kier molecular flexibility index (Phi) is 5.48. The first-order valence-electron chi connectivity index (χ1n) is 7.11. The molecule has 0 saturated carbocycles. The van der Waals surface area contributed by atoms with Crippen LogP contribution in [0, 0.1) is 0 Å². The van der Waals surface area contributed by atoms with Crippen molar-refractivity contribution in [2.24, 2.45) is 0 Å². The molecule has 0 saturated heterocycles. The van der Waals surface area contributed by atoms with Crippen LogP contribution >= 0.6 is 27.7 Å². The third-order valence-electron chi connectivity index (χ3n) is 3.16. The maximum atomic E-state index is 10.1. The summed E-state index contributed by atoms with van der Waals surface area (Å²) in [5, 5.41) is 12.0. The minimum Gasteiger partial charge on any atom is -0.491 e. The molecule has 3 rings (SSSR count). The maximum Gasteiger partial charge on any atom is 0.120 e. The van der Waals surface area contributed by atoms with Crippen molar-refractivity contribution in [3.05, 3.63) is 59.3 Å². The van der Waals surface area contributed by atoms with Crippen LogP contribution in [0.5, 0.6) is 5.75 Å². The largest absolute Gasteiger partial charge is 0.491 e. The number of aromatic nitrogens is 2. The number of rotatable bonds is 6. The van der Waals surface area contributed by atoms with Crippen LogP contribution in [0.4, 0.5) is 0 Å². The number of hydrogen-bond donors (Lipinski definition) is 1. The average Bonchev–Trinajstić information content (AvgIpc) is 2.58. The van der Waals surface area contributed by atoms with E-state index in [9.17, 15) is 5.11 Å². The summed E-state index contributed by atoms with van der Waals surface area (Å²) < 4.78 is 6.55. The van der Waals surface area contributed by atoms with E-state index >= 15 is 0 Å². The van der Waals surface area contributed by atoms with Gasteiger partial charge in [-0.05, 0) is 24.3 Å². The van der Waals surface area contributed by atoms with Gasteiger partial charge in [0.2, 0.25) is 0 Å². The van der Waals surface area contributed by atoms with Crippen molar-refractivity contribution in [3.63, 3.8) is 0 Å². The Hall–Kier alpha value is -1.63. The number of benzene rings is 2. The van der Waals surface area contributed by atoms with E-state index in [4.69, 9.17) is 4.74 Å². The summed E-state index contributed by atoms with van der Waals surface area (Å²) >= 11 is 4.90. The number of ether oxygens (including phenoxy) is 1. The van der Waals surface area contributed by atoms with Crippen molar-refractivity contribution in [1.29, 1.82) is 0 Å². The fraction of sp³-hybridized carbons (Fsp3) is 0.176. The Balaban J connectivity index is 1.57. The first kappa shape index (κ1) is 16.2. The molecule has 0 spiro atoms. The van der Waals surface area contributed by atoms with Gasteiger partial charge >= 0.3 is 0 Å². The monoisotopic (exact) mass is 390 g/mol. The second kappa shape index (κ2) is 7.77. The summed E-state index contributed by atoms with van der Waals surface area (Å²) in [5.74, 6) is 1.24. The van der Waals surface area contributed by atoms with E-state index in [2.05, 4.69) is 25.9 Å². The number of para-hydroxylation sites is 1. The Morgan fingerprint density at radius 1 is 1.13 bits per heavy atom. The van der Waals surface area contributed by atoms with E-state index in [1.165, 1.54) is 11.8 Å². The normalized spacial score (nSPS) is 12.3. The lowest BCUT2D eigenvalue weighted by Crippen LogP contribution is -2.20. The molecular weight excluding hydrogens is 376 g/mol. The average molecular weight is 391 g/mol. The van der Waals surface area contributed by atoms with Gasteiger partial charge in [0.15, 0.2) is 0 Å². The van der Waals surface area contributed by atoms with Crippen LogP contribution in [-0.2, 0) is 0 Å². The molecule has 0 amide bonds. The lowest BCUT2D eigenvalue weighted by atomic mass is 10.2. The topological polar surface area (TPSA) is 55.2 Å². The third kappa shape index (κ3) is 4.43. The van der Waals surface area contributed by atoms with Crippen LogP contribution in [0.15, 0.2) is 64.4 Å². The molecule has 1 atom stereocenters. The number of aliphatic hydroxyl groups excluding tert-OH is 1. The Bertz CT molecular complexity index is 795. The quantitative estimate of drug-likeness (QED) is 0.510. The number of fused-ring (bicyclic) bond motifs is 1. The van der Waals surface area contributed by atoms with Gasteiger partial charge in [-0.15, -0.1) is 11.8 Å². The first-order chi connectivity index (χ1) is 11.2. The maximum absolute atomic E-state index is 10.1. The molecule has 4 nitrogen and oxygen atoms in total. The zero-order valence-corrected chi connectivity index (χ0v) is 14.6. The fourth-order valence-electron chi connectivity index (χ4n) is 2.07. The van der Waals surface area contributed by atoms with Crippen LogP contribution in [-0.4, -0.2) is 33.5 Å². The predicted molar refractivity (Wildman–Crippen MR) is 95.9 cm³/mol. The molecular formula is C17H15BrN2O2S. The van der Waals surface area contributed by atoms with Gasteiger partial charge in [-0.3, -0.25) is 0 Å². The summed E-state index contributed by atoms with van der Waals surface area (Å²) in [5.41, 5.74) is 0.907. The predicted octanol–water partition coefficient (Wildman–Crippen LogP) is 3.92. The van der Waals surface area contributed by atoms with Crippen LogP contribution in [0.3, 0.4) is 0 Å². The molecule has 2 aromatic carbocycles. The van der Waals surface area contributed by atoms with E-state index in [0.717, 1.165) is 26.2 Å². The number of nitrogens with zero attached hydrogens (tertiary/aromatic N) is 2. The summed E-state index contributed by atoms with van der Waals surface area (Å²) in [6.45, 7) is 0.243. The van der Waals surface area contributed by atoms with Crippen molar-refractivity contribution in [3.8, 4) is 5.75 Å². The van der Waals surface area contributed by atoms with Gasteiger partial charge in [0.05, 0.1) is 11.6 Å². The summed E-state index contributed by atoms with van der Waals surface area (Å²) in [4.78, 5) is 8.54. The molecule has 1 aromatic heterocycles. The molecule has 0 unspecified atom stereocenters. The van der Waals surface area contributed by atoms with Gasteiger partial charge in [0.1, 0.15) is 23.7 Å². The molecule has 0 aliphatic carbocycles. The van der Waals surface area contributed by atoms with Crippen LogP contribution in [0.2, 0.25) is 0 Å². The molecule has 1 N–H and O–H groups in total. The highest BCUT2D eigenvalue weighted by Crippen LogP contribution is 2.25. The Morgan fingerprint density at radius 2 is 2.00 bits per heavy atom. The van der Waals surface area contributed by atoms with Gasteiger partial charge in [-0.25, -0.2) is 9.97 Å². The second-order valence-electron chi connectivity index (χ2n) is 4.93. The summed E-state index contributed by atoms with van der Waals surface area (Å²) in [6, 6.07) is 15.4. The molecule has 0 aliphatic rings. The highest BCUT2D eigenvalue weighted by Gasteiger charge is 2.10. The molecule has 23 heavy (non-hydrogen) atoms. The van der Waals surface area contributed by atoms with Gasteiger partial charge in [0, 0.05) is 15.6 Å². The molecule has 0 bridgehead atoms. The standard InChI is InChI=1S/C17H15BrN2O2S/c18-12-4-3-5-14(8-12)22-9-13(21)10-23-17-15-6-1-2-7-16(15)19-11-20-17/h1-8,11,13,21H,9-10H2/t13-/m0/s1. The first-order valence-corrected chi connectivity index (χ1v) is 8.89. The van der Waals surface area contributed by atoms with Crippen LogP contribution in [0.1, 0.15) is 0 Å². The van der Waals surface area contributed by atoms with Crippen molar-refractivity contribution < 1.29 is 9.84 Å². The van der Waals surface area contributed by atoms with Crippen molar-refractivity contribution in [1.82, 2.24) is 9.97 Å². The molecule has 1 heterocycles.